The number of hydrogen-bond donors (Lipinski definition) is 3. The molecule has 17 heavy (non-hydrogen) atoms. The number of phenols is 3. The quantitative estimate of drug-likeness (QED) is 0.692. The van der Waals surface area contributed by atoms with Crippen molar-refractivity contribution in [3.05, 3.63) is 42.5 Å². The van der Waals surface area contributed by atoms with Gasteiger partial charge in [-0.1, -0.05) is 6.07 Å². The molecule has 2 rings (SSSR count). The average molecular weight is 230 g/mol. The largest absolute Gasteiger partial charge is 0.508 e. The molecule has 5 heteroatoms. The van der Waals surface area contributed by atoms with Gasteiger partial charge in [-0.25, -0.2) is 0 Å². The molecule has 5 nitrogen and oxygen atoms in total. The fourth-order valence-corrected chi connectivity index (χ4v) is 1.26. The van der Waals surface area contributed by atoms with Crippen LogP contribution in [0.3, 0.4) is 0 Å². The van der Waals surface area contributed by atoms with E-state index in [0.717, 1.165) is 0 Å². The Balaban J connectivity index is 2.26. The number of phenolic OH excluding ortho intramolecular Hbond substituents is 3. The van der Waals surface area contributed by atoms with Crippen molar-refractivity contribution in [3.63, 3.8) is 0 Å². The first kappa shape index (κ1) is 10.9. The number of nitrogens with zero attached hydrogens (tertiary/aromatic N) is 2. The van der Waals surface area contributed by atoms with Gasteiger partial charge in [0.1, 0.15) is 22.9 Å². The third kappa shape index (κ3) is 2.72. The lowest BCUT2D eigenvalue weighted by Crippen LogP contribution is -1.69. The van der Waals surface area contributed by atoms with E-state index in [9.17, 15) is 10.2 Å². The monoisotopic (exact) mass is 230 g/mol. The molecule has 0 saturated carbocycles. The molecular weight excluding hydrogens is 220 g/mol. The van der Waals surface area contributed by atoms with Crippen LogP contribution in [0, 0.1) is 0 Å². The molecule has 0 unspecified atom stereocenters. The average Bonchev–Trinajstić information content (AvgIpc) is 2.28. The molecule has 2 aromatic carbocycles. The third-order valence-corrected chi connectivity index (χ3v) is 2.06. The topological polar surface area (TPSA) is 85.4 Å². The Labute approximate surface area is 97.3 Å². The van der Waals surface area contributed by atoms with Gasteiger partial charge < -0.3 is 15.3 Å². The fraction of sp³-hybridized carbons (Fsp3) is 0. The summed E-state index contributed by atoms with van der Waals surface area (Å²) >= 11 is 0. The van der Waals surface area contributed by atoms with Crippen LogP contribution >= 0.6 is 0 Å². The zero-order chi connectivity index (χ0) is 12.3. The normalized spacial score (nSPS) is 10.8. The van der Waals surface area contributed by atoms with Crippen LogP contribution in [0.2, 0.25) is 0 Å². The first-order chi connectivity index (χ1) is 8.15. The van der Waals surface area contributed by atoms with E-state index in [-0.39, 0.29) is 22.9 Å². The van der Waals surface area contributed by atoms with Gasteiger partial charge in [-0.3, -0.25) is 0 Å². The highest BCUT2D eigenvalue weighted by atomic mass is 16.3. The molecular formula is C12H10N2O3. The number of azo groups is 1. The second kappa shape index (κ2) is 4.52. The Morgan fingerprint density at radius 2 is 1.53 bits per heavy atom. The minimum atomic E-state index is -0.158. The summed E-state index contributed by atoms with van der Waals surface area (Å²) in [5.74, 6) is -0.107. The summed E-state index contributed by atoms with van der Waals surface area (Å²) in [6, 6.07) is 10.3. The van der Waals surface area contributed by atoms with Crippen LogP contribution in [-0.4, -0.2) is 15.3 Å². The summed E-state index contributed by atoms with van der Waals surface area (Å²) in [6.45, 7) is 0. The molecule has 2 aromatic rings. The highest BCUT2D eigenvalue weighted by molar-refractivity contribution is 5.54. The molecule has 0 aromatic heterocycles. The number of benzene rings is 2. The van der Waals surface area contributed by atoms with Gasteiger partial charge in [0.05, 0.1) is 5.69 Å². The maximum absolute atomic E-state index is 9.46. The van der Waals surface area contributed by atoms with Crippen LogP contribution < -0.4 is 0 Å². The van der Waals surface area contributed by atoms with Gasteiger partial charge >= 0.3 is 0 Å². The Bertz CT molecular complexity index is 567. The van der Waals surface area contributed by atoms with Crippen molar-refractivity contribution in [1.82, 2.24) is 0 Å². The highest BCUT2D eigenvalue weighted by Gasteiger charge is 2.00. The minimum Gasteiger partial charge on any atom is -0.508 e. The van der Waals surface area contributed by atoms with Gasteiger partial charge in [-0.2, -0.15) is 5.11 Å². The molecule has 3 N–H and O–H groups in total. The van der Waals surface area contributed by atoms with Crippen LogP contribution in [-0.2, 0) is 0 Å². The summed E-state index contributed by atoms with van der Waals surface area (Å²) < 4.78 is 0. The molecule has 0 spiro atoms. The molecule has 86 valence electrons. The van der Waals surface area contributed by atoms with Crippen molar-refractivity contribution in [1.29, 1.82) is 0 Å². The molecule has 0 amide bonds. The SMILES string of the molecule is Oc1cccc(N=Nc2ccc(O)cc2O)c1. The minimum absolute atomic E-state index is 0.0428. The summed E-state index contributed by atoms with van der Waals surface area (Å²) in [7, 11) is 0. The molecule has 0 heterocycles. The van der Waals surface area contributed by atoms with Crippen molar-refractivity contribution in [2.24, 2.45) is 10.2 Å². The van der Waals surface area contributed by atoms with E-state index < -0.39 is 0 Å². The van der Waals surface area contributed by atoms with Crippen molar-refractivity contribution in [2.45, 2.75) is 0 Å². The van der Waals surface area contributed by atoms with E-state index >= 15 is 0 Å². The van der Waals surface area contributed by atoms with E-state index in [4.69, 9.17) is 5.11 Å². The van der Waals surface area contributed by atoms with E-state index in [0.29, 0.717) is 5.69 Å². The van der Waals surface area contributed by atoms with Crippen molar-refractivity contribution in [2.75, 3.05) is 0 Å². The Morgan fingerprint density at radius 1 is 0.765 bits per heavy atom. The molecule has 0 bridgehead atoms. The van der Waals surface area contributed by atoms with Crippen LogP contribution in [0.5, 0.6) is 17.2 Å². The van der Waals surface area contributed by atoms with Gasteiger partial charge in [0, 0.05) is 12.1 Å². The Hall–Kier alpha value is -2.56. The summed E-state index contributed by atoms with van der Waals surface area (Å²) in [6.07, 6.45) is 0. The molecule has 0 saturated heterocycles. The summed E-state index contributed by atoms with van der Waals surface area (Å²) in [5.41, 5.74) is 0.712. The van der Waals surface area contributed by atoms with Gasteiger partial charge in [-0.05, 0) is 24.3 Å². The van der Waals surface area contributed by atoms with E-state index in [2.05, 4.69) is 10.2 Å². The summed E-state index contributed by atoms with van der Waals surface area (Å²) in [4.78, 5) is 0. The van der Waals surface area contributed by atoms with Gasteiger partial charge in [0.15, 0.2) is 0 Å². The highest BCUT2D eigenvalue weighted by Crippen LogP contribution is 2.31. The third-order valence-electron chi connectivity index (χ3n) is 2.06. The van der Waals surface area contributed by atoms with Crippen LogP contribution in [0.25, 0.3) is 0 Å². The lowest BCUT2D eigenvalue weighted by Gasteiger charge is -1.98. The van der Waals surface area contributed by atoms with Crippen molar-refractivity contribution >= 4 is 11.4 Å². The second-order valence-corrected chi connectivity index (χ2v) is 3.39. The van der Waals surface area contributed by atoms with Gasteiger partial charge in [0.25, 0.3) is 0 Å². The Kier molecular flexibility index (Phi) is 2.91. The predicted octanol–water partition coefficient (Wildman–Crippen LogP) is 3.22. The van der Waals surface area contributed by atoms with E-state index in [1.807, 2.05) is 0 Å². The first-order valence-corrected chi connectivity index (χ1v) is 4.88. The maximum atomic E-state index is 9.46. The number of aromatic hydroxyl groups is 3. The van der Waals surface area contributed by atoms with Crippen LogP contribution in [0.1, 0.15) is 0 Å². The van der Waals surface area contributed by atoms with Crippen LogP contribution in [0.4, 0.5) is 11.4 Å². The molecule has 0 atom stereocenters. The van der Waals surface area contributed by atoms with Crippen LogP contribution in [0.15, 0.2) is 52.7 Å². The Morgan fingerprint density at radius 3 is 2.24 bits per heavy atom. The first-order valence-electron chi connectivity index (χ1n) is 4.88. The number of hydrogen-bond acceptors (Lipinski definition) is 5. The lowest BCUT2D eigenvalue weighted by atomic mass is 10.3. The molecule has 0 radical (unpaired) electrons. The number of rotatable bonds is 2. The molecule has 0 aliphatic heterocycles. The molecule has 0 aliphatic rings. The predicted molar refractivity (Wildman–Crippen MR) is 62.1 cm³/mol. The van der Waals surface area contributed by atoms with E-state index in [1.165, 1.54) is 30.3 Å². The lowest BCUT2D eigenvalue weighted by molar-refractivity contribution is 0.451. The fourth-order valence-electron chi connectivity index (χ4n) is 1.26. The molecule has 0 aliphatic carbocycles. The smallest absolute Gasteiger partial charge is 0.146 e. The zero-order valence-electron chi connectivity index (χ0n) is 8.78. The zero-order valence-corrected chi connectivity index (χ0v) is 8.78. The van der Waals surface area contributed by atoms with Crippen molar-refractivity contribution in [3.8, 4) is 17.2 Å². The second-order valence-electron chi connectivity index (χ2n) is 3.39. The van der Waals surface area contributed by atoms with Crippen molar-refractivity contribution < 1.29 is 15.3 Å². The van der Waals surface area contributed by atoms with E-state index in [1.54, 1.807) is 12.1 Å². The maximum Gasteiger partial charge on any atom is 0.146 e. The molecule has 0 fully saturated rings. The standard InChI is InChI=1S/C12H10N2O3/c15-9-3-1-2-8(6-9)13-14-11-5-4-10(16)7-12(11)17/h1-7,15-17H. The van der Waals surface area contributed by atoms with Gasteiger partial charge in [-0.15, -0.1) is 5.11 Å². The van der Waals surface area contributed by atoms with Gasteiger partial charge in [0.2, 0.25) is 0 Å². The summed E-state index contributed by atoms with van der Waals surface area (Å²) in [5, 5.41) is 35.4.